The summed E-state index contributed by atoms with van der Waals surface area (Å²) in [6.45, 7) is 0.480. The minimum Gasteiger partial charge on any atom is -0.493 e. The minimum atomic E-state index is -0.279. The Morgan fingerprint density at radius 3 is 2.37 bits per heavy atom. The summed E-state index contributed by atoms with van der Waals surface area (Å²) in [5.74, 6) is 2.03. The number of aromatic nitrogens is 2. The van der Waals surface area contributed by atoms with E-state index in [0.29, 0.717) is 53.2 Å². The fourth-order valence-electron chi connectivity index (χ4n) is 3.37. The molecule has 0 radical (unpaired) electrons. The quantitative estimate of drug-likeness (QED) is 0.333. The molecule has 0 aliphatic carbocycles. The van der Waals surface area contributed by atoms with Gasteiger partial charge in [-0.05, 0) is 66.1 Å². The second-order valence-electron chi connectivity index (χ2n) is 7.60. The molecular formula is C26H24FN3O4S. The lowest BCUT2D eigenvalue weighted by atomic mass is 10.1. The van der Waals surface area contributed by atoms with E-state index in [1.54, 1.807) is 50.6 Å². The zero-order chi connectivity index (χ0) is 24.6. The molecule has 1 aromatic heterocycles. The van der Waals surface area contributed by atoms with E-state index in [0.717, 1.165) is 22.7 Å². The number of hydrogen-bond acceptors (Lipinski definition) is 7. The Hall–Kier alpha value is -3.98. The molecule has 0 aliphatic rings. The summed E-state index contributed by atoms with van der Waals surface area (Å²) in [7, 11) is 3.18. The summed E-state index contributed by atoms with van der Waals surface area (Å²) in [5.41, 5.74) is 2.47. The third kappa shape index (κ3) is 6.54. The van der Waals surface area contributed by atoms with Gasteiger partial charge in [-0.2, -0.15) is 9.36 Å². The molecule has 0 aliphatic heterocycles. The Bertz CT molecular complexity index is 1280. The van der Waals surface area contributed by atoms with E-state index in [1.807, 2.05) is 18.2 Å². The van der Waals surface area contributed by atoms with Crippen LogP contribution in [0.15, 0.2) is 66.7 Å². The lowest BCUT2D eigenvalue weighted by Gasteiger charge is -2.10. The van der Waals surface area contributed by atoms with Crippen molar-refractivity contribution in [1.29, 1.82) is 0 Å². The van der Waals surface area contributed by atoms with E-state index in [1.165, 1.54) is 12.1 Å². The number of rotatable bonds is 10. The van der Waals surface area contributed by atoms with Crippen molar-refractivity contribution in [2.24, 2.45) is 0 Å². The van der Waals surface area contributed by atoms with Crippen molar-refractivity contribution >= 4 is 17.4 Å². The Morgan fingerprint density at radius 1 is 0.943 bits per heavy atom. The molecule has 7 nitrogen and oxygen atoms in total. The van der Waals surface area contributed by atoms with Crippen LogP contribution in [-0.4, -0.2) is 36.0 Å². The first-order chi connectivity index (χ1) is 17.0. The molecule has 35 heavy (non-hydrogen) atoms. The second-order valence-corrected chi connectivity index (χ2v) is 8.32. The number of carbonyl (C=O) groups excluding carboxylic acids is 1. The highest BCUT2D eigenvalue weighted by molar-refractivity contribution is 7.07. The molecule has 9 heteroatoms. The largest absolute Gasteiger partial charge is 0.493 e. The summed E-state index contributed by atoms with van der Waals surface area (Å²) in [5, 5.41) is 3.31. The number of ether oxygens (including phenoxy) is 3. The van der Waals surface area contributed by atoms with Gasteiger partial charge in [0.1, 0.15) is 11.6 Å². The highest BCUT2D eigenvalue weighted by Crippen LogP contribution is 2.28. The number of carbonyl (C=O) groups is 1. The van der Waals surface area contributed by atoms with Gasteiger partial charge in [0.05, 0.1) is 14.2 Å². The molecule has 0 bridgehead atoms. The fraction of sp³-hybridized carbons (Fsp3) is 0.192. The molecular weight excluding hydrogens is 469 g/mol. The maximum atomic E-state index is 13.0. The van der Waals surface area contributed by atoms with E-state index in [9.17, 15) is 9.18 Å². The number of nitrogens with zero attached hydrogens (tertiary/aromatic N) is 2. The lowest BCUT2D eigenvalue weighted by Crippen LogP contribution is -2.25. The smallest absolute Gasteiger partial charge is 0.298 e. The normalized spacial score (nSPS) is 10.6. The van der Waals surface area contributed by atoms with Gasteiger partial charge in [-0.25, -0.2) is 4.39 Å². The van der Waals surface area contributed by atoms with E-state index in [4.69, 9.17) is 14.2 Å². The average Bonchev–Trinajstić information content (AvgIpc) is 3.32. The monoisotopic (exact) mass is 493 g/mol. The summed E-state index contributed by atoms with van der Waals surface area (Å²) in [6, 6.07) is 18.7. The predicted molar refractivity (Wildman–Crippen MR) is 131 cm³/mol. The van der Waals surface area contributed by atoms with Gasteiger partial charge in [-0.15, -0.1) is 0 Å². The Balaban J connectivity index is 1.27. The molecule has 1 heterocycles. The first kappa shape index (κ1) is 24.2. The van der Waals surface area contributed by atoms with Crippen LogP contribution in [0.25, 0.3) is 0 Å². The molecule has 0 saturated heterocycles. The maximum Gasteiger partial charge on any atom is 0.298 e. The van der Waals surface area contributed by atoms with Crippen LogP contribution in [0.2, 0.25) is 0 Å². The first-order valence-corrected chi connectivity index (χ1v) is 11.7. The van der Waals surface area contributed by atoms with E-state index >= 15 is 0 Å². The molecule has 180 valence electrons. The van der Waals surface area contributed by atoms with Crippen LogP contribution in [-0.2, 0) is 12.8 Å². The van der Waals surface area contributed by atoms with Crippen molar-refractivity contribution in [3.63, 3.8) is 0 Å². The standard InChI is InChI=1S/C26H24FN3O4S/c1-32-22-12-5-18(15-23(22)33-2)13-14-28-25(31)19-6-10-21(11-7-19)34-26-29-24(30-35-26)16-17-3-8-20(27)9-4-17/h3-12,15H,13-14,16H2,1-2H3,(H,28,31). The van der Waals surface area contributed by atoms with E-state index in [2.05, 4.69) is 14.7 Å². The first-order valence-electron chi connectivity index (χ1n) is 10.9. The molecule has 1 amide bonds. The minimum absolute atomic E-state index is 0.172. The molecule has 4 rings (SSSR count). The zero-order valence-electron chi connectivity index (χ0n) is 19.3. The molecule has 0 unspecified atom stereocenters. The van der Waals surface area contributed by atoms with Gasteiger partial charge in [0, 0.05) is 30.1 Å². The number of hydrogen-bond donors (Lipinski definition) is 1. The molecule has 4 aromatic rings. The van der Waals surface area contributed by atoms with Gasteiger partial charge in [-0.3, -0.25) is 4.79 Å². The number of methoxy groups -OCH3 is 2. The number of halogens is 1. The number of amides is 1. The van der Waals surface area contributed by atoms with Crippen molar-refractivity contribution in [3.8, 4) is 22.4 Å². The van der Waals surface area contributed by atoms with Gasteiger partial charge in [0.2, 0.25) is 0 Å². The highest BCUT2D eigenvalue weighted by atomic mass is 32.1. The van der Waals surface area contributed by atoms with Crippen molar-refractivity contribution in [2.75, 3.05) is 20.8 Å². The van der Waals surface area contributed by atoms with Crippen LogP contribution < -0.4 is 19.5 Å². The summed E-state index contributed by atoms with van der Waals surface area (Å²) >= 11 is 1.14. The summed E-state index contributed by atoms with van der Waals surface area (Å²) < 4.78 is 33.7. The third-order valence-corrected chi connectivity index (χ3v) is 5.83. The van der Waals surface area contributed by atoms with E-state index < -0.39 is 0 Å². The van der Waals surface area contributed by atoms with Crippen LogP contribution in [0.1, 0.15) is 27.3 Å². The van der Waals surface area contributed by atoms with Crippen molar-refractivity contribution in [3.05, 3.63) is 95.1 Å². The number of nitrogens with one attached hydrogen (secondary N) is 1. The lowest BCUT2D eigenvalue weighted by molar-refractivity contribution is 0.0954. The van der Waals surface area contributed by atoms with Gasteiger partial charge >= 0.3 is 0 Å². The Kier molecular flexibility index (Phi) is 7.89. The van der Waals surface area contributed by atoms with Crippen LogP contribution in [0.4, 0.5) is 4.39 Å². The molecule has 3 aromatic carbocycles. The van der Waals surface area contributed by atoms with Crippen LogP contribution in [0.5, 0.6) is 22.4 Å². The van der Waals surface area contributed by atoms with Gasteiger partial charge in [0.25, 0.3) is 11.1 Å². The van der Waals surface area contributed by atoms with Crippen molar-refractivity contribution in [2.45, 2.75) is 12.8 Å². The molecule has 0 spiro atoms. The molecule has 0 atom stereocenters. The van der Waals surface area contributed by atoms with Gasteiger partial charge in [-0.1, -0.05) is 18.2 Å². The van der Waals surface area contributed by atoms with Crippen molar-refractivity contribution < 1.29 is 23.4 Å². The van der Waals surface area contributed by atoms with Gasteiger partial charge in [0.15, 0.2) is 17.3 Å². The fourth-order valence-corrected chi connectivity index (χ4v) is 3.94. The van der Waals surface area contributed by atoms with Crippen molar-refractivity contribution in [1.82, 2.24) is 14.7 Å². The second kappa shape index (κ2) is 11.4. The van der Waals surface area contributed by atoms with Crippen LogP contribution >= 0.6 is 11.5 Å². The number of benzene rings is 3. The maximum absolute atomic E-state index is 13.0. The van der Waals surface area contributed by atoms with Crippen LogP contribution in [0.3, 0.4) is 0 Å². The average molecular weight is 494 g/mol. The molecule has 0 saturated carbocycles. The zero-order valence-corrected chi connectivity index (χ0v) is 20.1. The Labute approximate surface area is 206 Å². The highest BCUT2D eigenvalue weighted by Gasteiger charge is 2.10. The summed E-state index contributed by atoms with van der Waals surface area (Å²) in [6.07, 6.45) is 1.15. The molecule has 0 fully saturated rings. The SMILES string of the molecule is COc1ccc(CCNC(=O)c2ccc(Oc3nc(Cc4ccc(F)cc4)ns3)cc2)cc1OC. The van der Waals surface area contributed by atoms with Crippen LogP contribution in [0, 0.1) is 5.82 Å². The molecule has 1 N–H and O–H groups in total. The summed E-state index contributed by atoms with van der Waals surface area (Å²) in [4.78, 5) is 16.9. The topological polar surface area (TPSA) is 82.6 Å². The van der Waals surface area contributed by atoms with Gasteiger partial charge < -0.3 is 19.5 Å². The van der Waals surface area contributed by atoms with E-state index in [-0.39, 0.29) is 11.7 Å². The predicted octanol–water partition coefficient (Wildman–Crippen LogP) is 5.05. The third-order valence-electron chi connectivity index (χ3n) is 5.19. The Morgan fingerprint density at radius 2 is 1.66 bits per heavy atom.